The average Bonchev–Trinajstić information content (AvgIpc) is 2.45. The minimum atomic E-state index is -0.655. The third-order valence-corrected chi connectivity index (χ3v) is 3.20. The molecule has 8 nitrogen and oxygen atoms in total. The molecule has 0 aromatic carbocycles. The molecule has 0 amide bonds. The molecule has 2 heterocycles. The van der Waals surface area contributed by atoms with Crippen LogP contribution in [-0.2, 0) is 11.8 Å². The van der Waals surface area contributed by atoms with Crippen LogP contribution in [0.3, 0.4) is 0 Å². The molecular formula is C12H18N4O4. The Morgan fingerprint density at radius 3 is 2.80 bits per heavy atom. The highest BCUT2D eigenvalue weighted by molar-refractivity contribution is 5.81. The van der Waals surface area contributed by atoms with E-state index in [-0.39, 0.29) is 11.4 Å². The number of aromatic amines is 1. The van der Waals surface area contributed by atoms with Crippen molar-refractivity contribution in [1.82, 2.24) is 14.5 Å². The summed E-state index contributed by atoms with van der Waals surface area (Å²) in [5.41, 5.74) is -1.30. The van der Waals surface area contributed by atoms with Crippen molar-refractivity contribution in [1.29, 1.82) is 0 Å². The van der Waals surface area contributed by atoms with Crippen molar-refractivity contribution in [2.75, 3.05) is 39.4 Å². The number of aliphatic imine (C=N–C) groups is 1. The summed E-state index contributed by atoms with van der Waals surface area (Å²) in [6, 6.07) is 0. The maximum Gasteiger partial charge on any atom is 0.330 e. The summed E-state index contributed by atoms with van der Waals surface area (Å²) in [4.78, 5) is 31.2. The van der Waals surface area contributed by atoms with Crippen LogP contribution in [0.2, 0.25) is 0 Å². The number of ether oxygens (including phenoxy) is 1. The van der Waals surface area contributed by atoms with Gasteiger partial charge in [-0.2, -0.15) is 0 Å². The van der Waals surface area contributed by atoms with Gasteiger partial charge in [0.15, 0.2) is 0 Å². The Kier molecular flexibility index (Phi) is 4.70. The number of aromatic nitrogens is 2. The monoisotopic (exact) mass is 282 g/mol. The first-order valence-electron chi connectivity index (χ1n) is 6.42. The Bertz CT molecular complexity index is 598. The van der Waals surface area contributed by atoms with Gasteiger partial charge < -0.3 is 9.84 Å². The molecule has 0 bridgehead atoms. The van der Waals surface area contributed by atoms with Crippen molar-refractivity contribution in [2.45, 2.75) is 0 Å². The molecule has 1 aromatic heterocycles. The summed E-state index contributed by atoms with van der Waals surface area (Å²) in [5, 5.41) is 9.73. The first-order chi connectivity index (χ1) is 9.59. The topological polar surface area (TPSA) is 99.9 Å². The maximum absolute atomic E-state index is 11.6. The summed E-state index contributed by atoms with van der Waals surface area (Å²) < 4.78 is 6.20. The highest BCUT2D eigenvalue weighted by Gasteiger charge is 2.10. The van der Waals surface area contributed by atoms with E-state index in [1.807, 2.05) is 0 Å². The van der Waals surface area contributed by atoms with Crippen LogP contribution in [0.5, 0.6) is 5.88 Å². The second kappa shape index (κ2) is 6.49. The first kappa shape index (κ1) is 14.5. The summed E-state index contributed by atoms with van der Waals surface area (Å²) in [6.07, 6.45) is 1.30. The minimum absolute atomic E-state index is 0.00548. The molecule has 1 saturated heterocycles. The van der Waals surface area contributed by atoms with E-state index in [2.05, 4.69) is 14.9 Å². The first-order valence-corrected chi connectivity index (χ1v) is 6.42. The number of hydrogen-bond acceptors (Lipinski definition) is 6. The van der Waals surface area contributed by atoms with Gasteiger partial charge in [-0.25, -0.2) is 4.79 Å². The molecule has 0 atom stereocenters. The molecule has 0 aliphatic carbocycles. The van der Waals surface area contributed by atoms with E-state index in [4.69, 9.17) is 4.74 Å². The lowest BCUT2D eigenvalue weighted by Gasteiger charge is -2.25. The third-order valence-electron chi connectivity index (χ3n) is 3.20. The number of morpholine rings is 1. The number of hydrogen-bond donors (Lipinski definition) is 2. The lowest BCUT2D eigenvalue weighted by molar-refractivity contribution is 0.0395. The molecule has 1 fully saturated rings. The van der Waals surface area contributed by atoms with Crippen molar-refractivity contribution < 1.29 is 9.84 Å². The van der Waals surface area contributed by atoms with E-state index in [1.54, 1.807) is 0 Å². The molecule has 2 rings (SSSR count). The fraction of sp³-hybridized carbons (Fsp3) is 0.583. The molecule has 110 valence electrons. The van der Waals surface area contributed by atoms with Crippen molar-refractivity contribution in [2.24, 2.45) is 12.0 Å². The smallest absolute Gasteiger partial charge is 0.330 e. The van der Waals surface area contributed by atoms with E-state index in [1.165, 1.54) is 13.3 Å². The fourth-order valence-electron chi connectivity index (χ4n) is 1.92. The summed E-state index contributed by atoms with van der Waals surface area (Å²) in [6.45, 7) is 4.49. The predicted molar refractivity (Wildman–Crippen MR) is 73.7 cm³/mol. The summed E-state index contributed by atoms with van der Waals surface area (Å²) >= 11 is 0. The maximum atomic E-state index is 11.6. The summed E-state index contributed by atoms with van der Waals surface area (Å²) in [7, 11) is 1.37. The van der Waals surface area contributed by atoms with E-state index < -0.39 is 11.2 Å². The van der Waals surface area contributed by atoms with E-state index in [0.717, 1.165) is 37.4 Å². The van der Waals surface area contributed by atoms with E-state index in [0.29, 0.717) is 6.54 Å². The van der Waals surface area contributed by atoms with Crippen LogP contribution in [0.1, 0.15) is 5.56 Å². The van der Waals surface area contributed by atoms with Gasteiger partial charge in [-0.3, -0.25) is 24.2 Å². The molecule has 20 heavy (non-hydrogen) atoms. The highest BCUT2D eigenvalue weighted by Crippen LogP contribution is 2.05. The van der Waals surface area contributed by atoms with Crippen molar-refractivity contribution in [3.63, 3.8) is 0 Å². The number of H-pyrrole nitrogens is 1. The Hall–Kier alpha value is -1.93. The zero-order valence-corrected chi connectivity index (χ0v) is 11.3. The van der Waals surface area contributed by atoms with Crippen LogP contribution in [0.4, 0.5) is 0 Å². The Morgan fingerprint density at radius 2 is 2.10 bits per heavy atom. The number of nitrogens with zero attached hydrogens (tertiary/aromatic N) is 3. The normalized spacial score (nSPS) is 16.9. The van der Waals surface area contributed by atoms with Crippen LogP contribution in [-0.4, -0.2) is 65.2 Å². The van der Waals surface area contributed by atoms with Gasteiger partial charge >= 0.3 is 5.69 Å². The molecular weight excluding hydrogens is 264 g/mol. The average molecular weight is 282 g/mol. The highest BCUT2D eigenvalue weighted by atomic mass is 16.5. The predicted octanol–water partition coefficient (Wildman–Crippen LogP) is -1.47. The third kappa shape index (κ3) is 3.34. The SMILES string of the molecule is Cn1c(O)c(C=NCCN2CCOCC2)c(=O)[nH]c1=O. The van der Waals surface area contributed by atoms with E-state index >= 15 is 0 Å². The van der Waals surface area contributed by atoms with Crippen LogP contribution < -0.4 is 11.2 Å². The van der Waals surface area contributed by atoms with E-state index in [9.17, 15) is 14.7 Å². The van der Waals surface area contributed by atoms with Crippen LogP contribution in [0, 0.1) is 0 Å². The second-order valence-electron chi connectivity index (χ2n) is 4.54. The fourth-order valence-corrected chi connectivity index (χ4v) is 1.92. The Morgan fingerprint density at radius 1 is 1.40 bits per heavy atom. The molecule has 8 heteroatoms. The zero-order valence-electron chi connectivity index (χ0n) is 11.3. The molecule has 0 unspecified atom stereocenters. The van der Waals surface area contributed by atoms with Crippen molar-refractivity contribution in [3.8, 4) is 5.88 Å². The van der Waals surface area contributed by atoms with Gasteiger partial charge in [0.1, 0.15) is 5.56 Å². The number of rotatable bonds is 4. The molecule has 1 aliphatic rings. The van der Waals surface area contributed by atoms with Gasteiger partial charge in [-0.1, -0.05) is 0 Å². The second-order valence-corrected chi connectivity index (χ2v) is 4.54. The number of aromatic hydroxyl groups is 1. The van der Waals surface area contributed by atoms with Gasteiger partial charge in [0, 0.05) is 32.9 Å². The molecule has 0 saturated carbocycles. The summed E-state index contributed by atoms with van der Waals surface area (Å²) in [5.74, 6) is -0.381. The van der Waals surface area contributed by atoms with Gasteiger partial charge in [-0.05, 0) is 0 Å². The molecule has 1 aromatic rings. The minimum Gasteiger partial charge on any atom is -0.494 e. The Labute approximate surface area is 115 Å². The van der Waals surface area contributed by atoms with Gasteiger partial charge in [0.2, 0.25) is 5.88 Å². The van der Waals surface area contributed by atoms with Crippen molar-refractivity contribution >= 4 is 6.21 Å². The lowest BCUT2D eigenvalue weighted by atomic mass is 10.3. The molecule has 0 radical (unpaired) electrons. The quantitative estimate of drug-likeness (QED) is 0.657. The molecule has 2 N–H and O–H groups in total. The standard InChI is InChI=1S/C12H18N4O4/c1-15-11(18)9(10(17)14-12(15)19)8-13-2-3-16-4-6-20-7-5-16/h8,18H,2-7H2,1H3,(H,14,17,19). The lowest BCUT2D eigenvalue weighted by Crippen LogP contribution is -2.37. The molecule has 0 spiro atoms. The van der Waals surface area contributed by atoms with Gasteiger partial charge in [0.25, 0.3) is 5.56 Å². The van der Waals surface area contributed by atoms with Crippen LogP contribution >= 0.6 is 0 Å². The van der Waals surface area contributed by atoms with Gasteiger partial charge in [0.05, 0.1) is 19.8 Å². The van der Waals surface area contributed by atoms with Crippen molar-refractivity contribution in [3.05, 3.63) is 26.4 Å². The van der Waals surface area contributed by atoms with Gasteiger partial charge in [-0.15, -0.1) is 0 Å². The van der Waals surface area contributed by atoms with Crippen LogP contribution in [0.25, 0.3) is 0 Å². The van der Waals surface area contributed by atoms with Crippen LogP contribution in [0.15, 0.2) is 14.6 Å². The Balaban J connectivity index is 1.99. The molecule has 1 aliphatic heterocycles. The number of nitrogens with one attached hydrogen (secondary N) is 1. The largest absolute Gasteiger partial charge is 0.494 e. The zero-order chi connectivity index (χ0) is 14.5.